The lowest BCUT2D eigenvalue weighted by Gasteiger charge is -2.39. The molecule has 2 aliphatic rings. The van der Waals surface area contributed by atoms with E-state index in [0.29, 0.717) is 30.5 Å². The third-order valence-electron chi connectivity index (χ3n) is 4.78. The molecule has 0 unspecified atom stereocenters. The largest absolute Gasteiger partial charge is 0.486 e. The summed E-state index contributed by atoms with van der Waals surface area (Å²) in [5, 5.41) is 4.20. The molecule has 0 N–H and O–H groups in total. The maximum Gasteiger partial charge on any atom is 0.292 e. The summed E-state index contributed by atoms with van der Waals surface area (Å²) in [5.41, 5.74) is -0.361. The summed E-state index contributed by atoms with van der Waals surface area (Å²) in [7, 11) is 0. The predicted molar refractivity (Wildman–Crippen MR) is 90.8 cm³/mol. The van der Waals surface area contributed by atoms with Crippen molar-refractivity contribution in [2.45, 2.75) is 31.0 Å². The summed E-state index contributed by atoms with van der Waals surface area (Å²) in [6.45, 7) is 1.73. The third-order valence-corrected chi connectivity index (χ3v) is 5.09. The first-order valence-electron chi connectivity index (χ1n) is 8.40. The maximum absolute atomic E-state index is 12.5. The Balaban J connectivity index is 1.42. The first-order valence-corrected chi connectivity index (χ1v) is 8.78. The fourth-order valence-electron chi connectivity index (χ4n) is 3.64. The van der Waals surface area contributed by atoms with Gasteiger partial charge in [0.2, 0.25) is 5.76 Å². The molecule has 0 saturated carbocycles. The van der Waals surface area contributed by atoms with E-state index < -0.39 is 0 Å². The molecule has 4 rings (SSSR count). The smallest absolute Gasteiger partial charge is 0.292 e. The van der Waals surface area contributed by atoms with Crippen LogP contribution in [0.15, 0.2) is 41.1 Å². The van der Waals surface area contributed by atoms with Crippen molar-refractivity contribution in [1.29, 1.82) is 0 Å². The molecular weight excluding hydrogens is 344 g/mol. The van der Waals surface area contributed by atoms with E-state index in [4.69, 9.17) is 25.6 Å². The number of aromatic nitrogens is 1. The Bertz CT molecular complexity index is 751. The molecular formula is C18H19ClN2O4. The monoisotopic (exact) mass is 362 g/mol. The van der Waals surface area contributed by atoms with E-state index in [1.54, 1.807) is 17.0 Å². The summed E-state index contributed by atoms with van der Waals surface area (Å²) in [4.78, 5) is 14.3. The normalized spacial score (nSPS) is 26.1. The average Bonchev–Trinajstić information content (AvgIpc) is 3.27. The molecule has 1 amide bonds. The molecule has 25 heavy (non-hydrogen) atoms. The van der Waals surface area contributed by atoms with Crippen LogP contribution in [0.3, 0.4) is 0 Å². The number of carbonyl (C=O) groups excluding carboxylic acids is 1. The number of hydrogen-bond donors (Lipinski definition) is 0. The van der Waals surface area contributed by atoms with Crippen molar-refractivity contribution in [1.82, 2.24) is 10.1 Å². The molecule has 2 atom stereocenters. The number of rotatable bonds is 3. The number of likely N-dealkylation sites (tertiary alicyclic amines) is 1. The van der Waals surface area contributed by atoms with Crippen molar-refractivity contribution in [2.75, 3.05) is 19.7 Å². The minimum Gasteiger partial charge on any atom is -0.486 e. The van der Waals surface area contributed by atoms with Gasteiger partial charge in [0.25, 0.3) is 5.91 Å². The highest BCUT2D eigenvalue weighted by Crippen LogP contribution is 2.37. The van der Waals surface area contributed by atoms with Crippen LogP contribution in [0, 0.1) is 0 Å². The van der Waals surface area contributed by atoms with Crippen molar-refractivity contribution in [3.05, 3.63) is 47.3 Å². The van der Waals surface area contributed by atoms with E-state index in [1.165, 1.54) is 6.20 Å². The Hall–Kier alpha value is -2.05. The third kappa shape index (κ3) is 3.37. The van der Waals surface area contributed by atoms with Crippen LogP contribution < -0.4 is 4.74 Å². The summed E-state index contributed by atoms with van der Waals surface area (Å²) in [6, 6.07) is 9.01. The molecule has 0 aliphatic carbocycles. The number of amides is 1. The second-order valence-corrected chi connectivity index (χ2v) is 6.98. The molecule has 132 valence electrons. The molecule has 0 radical (unpaired) electrons. The van der Waals surface area contributed by atoms with E-state index in [9.17, 15) is 4.79 Å². The van der Waals surface area contributed by atoms with E-state index in [2.05, 4.69) is 5.16 Å². The minimum atomic E-state index is -0.361. The lowest BCUT2D eigenvalue weighted by molar-refractivity contribution is -0.0460. The van der Waals surface area contributed by atoms with Gasteiger partial charge in [-0.2, -0.15) is 0 Å². The molecule has 0 bridgehead atoms. The zero-order valence-electron chi connectivity index (χ0n) is 13.7. The number of benzene rings is 1. The lowest BCUT2D eigenvalue weighted by Crippen LogP contribution is -2.50. The summed E-state index contributed by atoms with van der Waals surface area (Å²) in [5.74, 6) is 0.787. The Labute approximate surface area is 150 Å². The summed E-state index contributed by atoms with van der Waals surface area (Å²) < 4.78 is 17.1. The molecule has 2 aromatic rings. The number of nitrogens with zero attached hydrogens (tertiary/aromatic N) is 2. The summed E-state index contributed by atoms with van der Waals surface area (Å²) in [6.07, 6.45) is 3.94. The number of halogens is 1. The molecule has 2 fully saturated rings. The summed E-state index contributed by atoms with van der Waals surface area (Å²) >= 11 is 6.17. The standard InChI is InChI=1S/C18H19ClN2O4/c19-14-4-1-2-5-15(14)24-13-10-18(23-11-13)7-3-9-21(12-18)17(22)16-6-8-20-25-16/h1-2,4-6,8,13H,3,7,9-12H2/t13-,18-/m1/s1. The van der Waals surface area contributed by atoms with Crippen molar-refractivity contribution in [3.63, 3.8) is 0 Å². The molecule has 3 heterocycles. The highest BCUT2D eigenvalue weighted by Gasteiger charge is 2.45. The van der Waals surface area contributed by atoms with Gasteiger partial charge < -0.3 is 18.9 Å². The maximum atomic E-state index is 12.5. The van der Waals surface area contributed by atoms with Crippen molar-refractivity contribution in [2.24, 2.45) is 0 Å². The van der Waals surface area contributed by atoms with Crippen LogP contribution >= 0.6 is 11.6 Å². The quantitative estimate of drug-likeness (QED) is 0.839. The lowest BCUT2D eigenvalue weighted by atomic mass is 9.89. The predicted octanol–water partition coefficient (Wildman–Crippen LogP) is 3.17. The topological polar surface area (TPSA) is 64.8 Å². The van der Waals surface area contributed by atoms with Crippen LogP contribution in [-0.2, 0) is 4.74 Å². The molecule has 7 heteroatoms. The van der Waals surface area contributed by atoms with Gasteiger partial charge >= 0.3 is 0 Å². The van der Waals surface area contributed by atoms with Crippen molar-refractivity contribution < 1.29 is 18.8 Å². The molecule has 1 aromatic heterocycles. The van der Waals surface area contributed by atoms with Crippen LogP contribution in [0.25, 0.3) is 0 Å². The number of hydrogen-bond acceptors (Lipinski definition) is 5. The Morgan fingerprint density at radius 3 is 3.04 bits per heavy atom. The van der Waals surface area contributed by atoms with Crippen LogP contribution in [0.1, 0.15) is 29.8 Å². The second-order valence-electron chi connectivity index (χ2n) is 6.58. The van der Waals surface area contributed by atoms with Gasteiger partial charge in [-0.05, 0) is 25.0 Å². The first-order chi connectivity index (χ1) is 12.2. The minimum absolute atomic E-state index is 0.0692. The van der Waals surface area contributed by atoms with E-state index >= 15 is 0 Å². The van der Waals surface area contributed by atoms with Crippen LogP contribution in [0.2, 0.25) is 5.02 Å². The van der Waals surface area contributed by atoms with Gasteiger partial charge in [0.15, 0.2) is 0 Å². The number of piperidine rings is 1. The van der Waals surface area contributed by atoms with Gasteiger partial charge in [0, 0.05) is 19.0 Å². The van der Waals surface area contributed by atoms with Gasteiger partial charge in [-0.3, -0.25) is 4.79 Å². The van der Waals surface area contributed by atoms with Crippen LogP contribution in [0.5, 0.6) is 5.75 Å². The molecule has 6 nitrogen and oxygen atoms in total. The van der Waals surface area contributed by atoms with Crippen molar-refractivity contribution in [3.8, 4) is 5.75 Å². The van der Waals surface area contributed by atoms with Gasteiger partial charge in [-0.25, -0.2) is 0 Å². The Kier molecular flexibility index (Phi) is 4.39. The second kappa shape index (κ2) is 6.69. The SMILES string of the molecule is O=C(c1ccno1)N1CCC[C@@]2(C[C@@H](Oc3ccccc3Cl)CO2)C1. The zero-order valence-corrected chi connectivity index (χ0v) is 14.4. The van der Waals surface area contributed by atoms with Crippen LogP contribution in [0.4, 0.5) is 0 Å². The highest BCUT2D eigenvalue weighted by molar-refractivity contribution is 6.32. The number of para-hydroxylation sites is 1. The fraction of sp³-hybridized carbons (Fsp3) is 0.444. The first kappa shape index (κ1) is 16.4. The molecule has 2 aliphatic heterocycles. The number of ether oxygens (including phenoxy) is 2. The zero-order chi connectivity index (χ0) is 17.3. The van der Waals surface area contributed by atoms with Crippen LogP contribution in [-0.4, -0.2) is 47.4 Å². The number of carbonyl (C=O) groups is 1. The highest BCUT2D eigenvalue weighted by atomic mass is 35.5. The van der Waals surface area contributed by atoms with E-state index in [0.717, 1.165) is 19.3 Å². The molecule has 1 aromatic carbocycles. The van der Waals surface area contributed by atoms with Gasteiger partial charge in [0.05, 0.1) is 30.0 Å². The fourth-order valence-corrected chi connectivity index (χ4v) is 3.82. The van der Waals surface area contributed by atoms with Crippen molar-refractivity contribution >= 4 is 17.5 Å². The van der Waals surface area contributed by atoms with Gasteiger partial charge in [0.1, 0.15) is 11.9 Å². The van der Waals surface area contributed by atoms with Gasteiger partial charge in [-0.1, -0.05) is 28.9 Å². The average molecular weight is 363 g/mol. The molecule has 1 spiro atoms. The Morgan fingerprint density at radius 1 is 1.36 bits per heavy atom. The Morgan fingerprint density at radius 2 is 2.24 bits per heavy atom. The van der Waals surface area contributed by atoms with E-state index in [1.807, 2.05) is 18.2 Å². The molecule has 2 saturated heterocycles. The van der Waals surface area contributed by atoms with Gasteiger partial charge in [-0.15, -0.1) is 0 Å². The van der Waals surface area contributed by atoms with E-state index in [-0.39, 0.29) is 23.4 Å².